The minimum atomic E-state index is 1.06. The molecule has 0 amide bonds. The zero-order chi connectivity index (χ0) is 11.9. The van der Waals surface area contributed by atoms with E-state index in [0.717, 1.165) is 16.2 Å². The van der Waals surface area contributed by atoms with E-state index in [1.165, 1.54) is 37.9 Å². The molecule has 0 saturated carbocycles. The van der Waals surface area contributed by atoms with Crippen LogP contribution in [0.2, 0.25) is 0 Å². The van der Waals surface area contributed by atoms with Gasteiger partial charge in [0.2, 0.25) is 0 Å². The number of benzene rings is 1. The topological polar surface area (TPSA) is 28.7 Å². The van der Waals surface area contributed by atoms with Gasteiger partial charge in [0.15, 0.2) is 5.16 Å². The lowest BCUT2D eigenvalue weighted by Crippen LogP contribution is -1.83. The number of hydrogen-bond donors (Lipinski definition) is 1. The fraction of sp³-hybridized carbons (Fsp3) is 0.500. The third-order valence-electron chi connectivity index (χ3n) is 2.85. The predicted octanol–water partition coefficient (Wildman–Crippen LogP) is 4.63. The molecule has 0 aliphatic carbocycles. The highest BCUT2D eigenvalue weighted by atomic mass is 32.2. The van der Waals surface area contributed by atoms with Gasteiger partial charge in [0, 0.05) is 5.75 Å². The summed E-state index contributed by atoms with van der Waals surface area (Å²) >= 11 is 1.84. The second-order valence-corrected chi connectivity index (χ2v) is 5.41. The summed E-state index contributed by atoms with van der Waals surface area (Å²) in [5.41, 5.74) is 2.21. The van der Waals surface area contributed by atoms with E-state index in [4.69, 9.17) is 0 Å². The van der Waals surface area contributed by atoms with Crippen molar-refractivity contribution in [2.75, 3.05) is 5.75 Å². The number of imidazole rings is 1. The maximum absolute atomic E-state index is 4.55. The molecular weight excluding hydrogens is 228 g/mol. The summed E-state index contributed by atoms with van der Waals surface area (Å²) in [4.78, 5) is 7.90. The van der Waals surface area contributed by atoms with Gasteiger partial charge in [-0.05, 0) is 18.6 Å². The highest BCUT2D eigenvalue weighted by molar-refractivity contribution is 7.99. The normalized spacial score (nSPS) is 11.1. The standard InChI is InChI=1S/C14H20N2S/c1-2-3-4-5-8-11-17-14-15-12-9-6-7-10-13(12)16-14/h6-7,9-10H,2-5,8,11H2,1H3,(H,15,16). The van der Waals surface area contributed by atoms with Crippen LogP contribution >= 0.6 is 11.8 Å². The van der Waals surface area contributed by atoms with Crippen molar-refractivity contribution in [1.82, 2.24) is 9.97 Å². The summed E-state index contributed by atoms with van der Waals surface area (Å²) in [5.74, 6) is 1.17. The highest BCUT2D eigenvalue weighted by Gasteiger charge is 2.01. The number of hydrogen-bond acceptors (Lipinski definition) is 2. The van der Waals surface area contributed by atoms with Gasteiger partial charge in [0.25, 0.3) is 0 Å². The van der Waals surface area contributed by atoms with E-state index in [-0.39, 0.29) is 0 Å². The first-order chi connectivity index (χ1) is 8.40. The molecule has 1 heterocycles. The summed E-state index contributed by atoms with van der Waals surface area (Å²) in [6, 6.07) is 8.20. The monoisotopic (exact) mass is 248 g/mol. The molecular formula is C14H20N2S. The molecule has 1 aromatic carbocycles. The number of fused-ring (bicyclic) bond motifs is 1. The molecule has 0 unspecified atom stereocenters. The predicted molar refractivity (Wildman–Crippen MR) is 75.6 cm³/mol. The van der Waals surface area contributed by atoms with Crippen molar-refractivity contribution in [2.45, 2.75) is 44.2 Å². The quantitative estimate of drug-likeness (QED) is 0.572. The number of nitrogens with zero attached hydrogens (tertiary/aromatic N) is 1. The Kier molecular flexibility index (Phi) is 4.92. The van der Waals surface area contributed by atoms with Crippen LogP contribution in [0.1, 0.15) is 39.0 Å². The van der Waals surface area contributed by atoms with Gasteiger partial charge in [0.1, 0.15) is 0 Å². The second kappa shape index (κ2) is 6.70. The van der Waals surface area contributed by atoms with Crippen LogP contribution < -0.4 is 0 Å². The largest absolute Gasteiger partial charge is 0.333 e. The minimum absolute atomic E-state index is 1.06. The third kappa shape index (κ3) is 3.77. The summed E-state index contributed by atoms with van der Waals surface area (Å²) in [7, 11) is 0. The molecule has 0 saturated heterocycles. The van der Waals surface area contributed by atoms with Crippen molar-refractivity contribution in [3.05, 3.63) is 24.3 Å². The highest BCUT2D eigenvalue weighted by Crippen LogP contribution is 2.20. The van der Waals surface area contributed by atoms with Crippen LogP contribution in [0.25, 0.3) is 11.0 Å². The van der Waals surface area contributed by atoms with E-state index in [1.54, 1.807) is 0 Å². The lowest BCUT2D eigenvalue weighted by Gasteiger charge is -1.98. The van der Waals surface area contributed by atoms with Crippen LogP contribution in [0, 0.1) is 0 Å². The number of unbranched alkanes of at least 4 members (excludes halogenated alkanes) is 4. The number of rotatable bonds is 7. The average Bonchev–Trinajstić information content (AvgIpc) is 2.76. The summed E-state index contributed by atoms with van der Waals surface area (Å²) in [5, 5.41) is 1.06. The van der Waals surface area contributed by atoms with Crippen LogP contribution in [0.4, 0.5) is 0 Å². The van der Waals surface area contributed by atoms with E-state index in [9.17, 15) is 0 Å². The Hall–Kier alpha value is -0.960. The smallest absolute Gasteiger partial charge is 0.166 e. The molecule has 3 heteroatoms. The maximum Gasteiger partial charge on any atom is 0.166 e. The van der Waals surface area contributed by atoms with Crippen LogP contribution in [-0.4, -0.2) is 15.7 Å². The van der Waals surface area contributed by atoms with E-state index < -0.39 is 0 Å². The van der Waals surface area contributed by atoms with Crippen molar-refractivity contribution < 1.29 is 0 Å². The molecule has 1 N–H and O–H groups in total. The van der Waals surface area contributed by atoms with Crippen molar-refractivity contribution in [2.24, 2.45) is 0 Å². The fourth-order valence-corrected chi connectivity index (χ4v) is 2.76. The maximum atomic E-state index is 4.55. The van der Waals surface area contributed by atoms with Crippen LogP contribution in [-0.2, 0) is 0 Å². The van der Waals surface area contributed by atoms with Gasteiger partial charge in [-0.1, -0.05) is 56.5 Å². The summed E-state index contributed by atoms with van der Waals surface area (Å²) in [6.45, 7) is 2.25. The molecule has 92 valence electrons. The Balaban J connectivity index is 1.75. The number of aromatic amines is 1. The Bertz CT molecular complexity index is 417. The van der Waals surface area contributed by atoms with Crippen molar-refractivity contribution in [1.29, 1.82) is 0 Å². The van der Waals surface area contributed by atoms with Gasteiger partial charge >= 0.3 is 0 Å². The van der Waals surface area contributed by atoms with E-state index in [2.05, 4.69) is 29.0 Å². The first-order valence-corrected chi connectivity index (χ1v) is 7.46. The lowest BCUT2D eigenvalue weighted by molar-refractivity contribution is 0.659. The van der Waals surface area contributed by atoms with E-state index in [0.29, 0.717) is 0 Å². The van der Waals surface area contributed by atoms with Gasteiger partial charge in [-0.25, -0.2) is 4.98 Å². The lowest BCUT2D eigenvalue weighted by atomic mass is 10.2. The van der Waals surface area contributed by atoms with Gasteiger partial charge < -0.3 is 4.98 Å². The van der Waals surface area contributed by atoms with Crippen LogP contribution in [0.3, 0.4) is 0 Å². The number of H-pyrrole nitrogens is 1. The van der Waals surface area contributed by atoms with Crippen molar-refractivity contribution >= 4 is 22.8 Å². The van der Waals surface area contributed by atoms with E-state index >= 15 is 0 Å². The fourth-order valence-electron chi connectivity index (χ4n) is 1.87. The minimum Gasteiger partial charge on any atom is -0.333 e. The molecule has 0 spiro atoms. The number of thioether (sulfide) groups is 1. The van der Waals surface area contributed by atoms with Crippen molar-refractivity contribution in [3.8, 4) is 0 Å². The van der Waals surface area contributed by atoms with E-state index in [1.807, 2.05) is 23.9 Å². The molecule has 0 radical (unpaired) electrons. The van der Waals surface area contributed by atoms with Gasteiger partial charge in [-0.3, -0.25) is 0 Å². The summed E-state index contributed by atoms with van der Waals surface area (Å²) < 4.78 is 0. The molecule has 2 rings (SSSR count). The van der Waals surface area contributed by atoms with Gasteiger partial charge in [-0.15, -0.1) is 0 Å². The van der Waals surface area contributed by atoms with Crippen molar-refractivity contribution in [3.63, 3.8) is 0 Å². The zero-order valence-corrected chi connectivity index (χ0v) is 11.2. The molecule has 2 aromatic rings. The SMILES string of the molecule is CCCCCCCSc1nc2ccccc2[nH]1. The Morgan fingerprint density at radius 3 is 2.76 bits per heavy atom. The zero-order valence-electron chi connectivity index (χ0n) is 10.4. The molecule has 0 aliphatic rings. The first kappa shape index (κ1) is 12.5. The van der Waals surface area contributed by atoms with Crippen LogP contribution in [0.15, 0.2) is 29.4 Å². The Morgan fingerprint density at radius 2 is 1.94 bits per heavy atom. The molecule has 1 aromatic heterocycles. The van der Waals surface area contributed by atoms with Crippen LogP contribution in [0.5, 0.6) is 0 Å². The van der Waals surface area contributed by atoms with Gasteiger partial charge in [0.05, 0.1) is 11.0 Å². The number of para-hydroxylation sites is 2. The number of aromatic nitrogens is 2. The molecule has 0 fully saturated rings. The average molecular weight is 248 g/mol. The molecule has 0 atom stereocenters. The molecule has 0 bridgehead atoms. The Morgan fingerprint density at radius 1 is 1.12 bits per heavy atom. The molecule has 17 heavy (non-hydrogen) atoms. The Labute approximate surface area is 107 Å². The summed E-state index contributed by atoms with van der Waals surface area (Å²) in [6.07, 6.45) is 6.70. The molecule has 2 nitrogen and oxygen atoms in total. The molecule has 0 aliphatic heterocycles. The first-order valence-electron chi connectivity index (χ1n) is 6.47. The second-order valence-electron chi connectivity index (χ2n) is 4.32. The third-order valence-corrected chi connectivity index (χ3v) is 3.81. The van der Waals surface area contributed by atoms with Gasteiger partial charge in [-0.2, -0.15) is 0 Å². The number of nitrogens with one attached hydrogen (secondary N) is 1.